The van der Waals surface area contributed by atoms with E-state index in [0.717, 1.165) is 12.8 Å². The lowest BCUT2D eigenvalue weighted by Gasteiger charge is -2.33. The Morgan fingerprint density at radius 1 is 1.00 bits per heavy atom. The van der Waals surface area contributed by atoms with Crippen molar-refractivity contribution in [3.8, 4) is 0 Å². The standard InChI is InChI=1S/C24H33N3O5/c1-23(2,3)31-21(29)26-12-9-16(10-13-26)14-19(28)18-15-27(22(30)32-24(4,5)6)20-17(18)8-7-11-25-20/h7-8,11,15-16H,9-10,12-14H2,1-6H3. The summed E-state index contributed by atoms with van der Waals surface area (Å²) in [6.07, 6.45) is 4.06. The first-order chi connectivity index (χ1) is 14.8. The highest BCUT2D eigenvalue weighted by molar-refractivity contribution is 6.09. The van der Waals surface area contributed by atoms with Crippen LogP contribution in [0.5, 0.6) is 0 Å². The van der Waals surface area contributed by atoms with E-state index in [1.54, 1.807) is 44.0 Å². The molecule has 32 heavy (non-hydrogen) atoms. The Hall–Kier alpha value is -2.90. The van der Waals surface area contributed by atoms with Crippen molar-refractivity contribution >= 4 is 29.0 Å². The fraction of sp³-hybridized carbons (Fsp3) is 0.583. The fourth-order valence-electron chi connectivity index (χ4n) is 3.75. The van der Waals surface area contributed by atoms with Crippen molar-refractivity contribution < 1.29 is 23.9 Å². The van der Waals surface area contributed by atoms with Gasteiger partial charge in [0.2, 0.25) is 0 Å². The number of rotatable bonds is 3. The van der Waals surface area contributed by atoms with E-state index in [1.807, 2.05) is 20.8 Å². The Kier molecular flexibility index (Phi) is 6.62. The Morgan fingerprint density at radius 3 is 2.19 bits per heavy atom. The van der Waals surface area contributed by atoms with Gasteiger partial charge in [0.05, 0.1) is 0 Å². The van der Waals surface area contributed by atoms with Crippen LogP contribution in [0.3, 0.4) is 0 Å². The molecule has 0 spiro atoms. The number of carbonyl (C=O) groups excluding carboxylic acids is 3. The second kappa shape index (κ2) is 8.92. The molecular formula is C24H33N3O5. The van der Waals surface area contributed by atoms with Gasteiger partial charge < -0.3 is 14.4 Å². The van der Waals surface area contributed by atoms with Crippen molar-refractivity contribution in [1.29, 1.82) is 0 Å². The third kappa shape index (κ3) is 5.87. The molecule has 2 aromatic heterocycles. The average Bonchev–Trinajstić information content (AvgIpc) is 3.06. The van der Waals surface area contributed by atoms with Crippen molar-refractivity contribution in [2.45, 2.75) is 72.0 Å². The molecule has 1 fully saturated rings. The minimum Gasteiger partial charge on any atom is -0.444 e. The molecule has 3 heterocycles. The Morgan fingerprint density at radius 2 is 1.59 bits per heavy atom. The molecule has 1 amide bonds. The second-order valence-electron chi connectivity index (χ2n) is 10.3. The molecule has 0 radical (unpaired) electrons. The summed E-state index contributed by atoms with van der Waals surface area (Å²) in [4.78, 5) is 44.0. The van der Waals surface area contributed by atoms with Gasteiger partial charge >= 0.3 is 12.2 Å². The Bertz CT molecular complexity index is 1000. The molecule has 1 aliphatic heterocycles. The van der Waals surface area contributed by atoms with E-state index in [-0.39, 0.29) is 17.8 Å². The number of hydrogen-bond donors (Lipinski definition) is 0. The van der Waals surface area contributed by atoms with Gasteiger partial charge in [-0.15, -0.1) is 0 Å². The van der Waals surface area contributed by atoms with E-state index in [1.165, 1.54) is 10.8 Å². The van der Waals surface area contributed by atoms with E-state index in [2.05, 4.69) is 4.98 Å². The number of likely N-dealkylation sites (tertiary alicyclic amines) is 1. The molecule has 0 atom stereocenters. The molecule has 2 aromatic rings. The van der Waals surface area contributed by atoms with Crippen LogP contribution in [0.4, 0.5) is 9.59 Å². The van der Waals surface area contributed by atoms with E-state index in [4.69, 9.17) is 9.47 Å². The SMILES string of the molecule is CC(C)(C)OC(=O)N1CCC(CC(=O)c2cn(C(=O)OC(C)(C)C)c3ncccc23)CC1. The fourth-order valence-corrected chi connectivity index (χ4v) is 3.75. The predicted molar refractivity (Wildman–Crippen MR) is 121 cm³/mol. The largest absolute Gasteiger partial charge is 0.444 e. The number of aromatic nitrogens is 2. The van der Waals surface area contributed by atoms with Gasteiger partial charge in [-0.1, -0.05) is 0 Å². The summed E-state index contributed by atoms with van der Waals surface area (Å²) in [5.74, 6) is 0.124. The molecule has 1 aliphatic rings. The highest BCUT2D eigenvalue weighted by atomic mass is 16.6. The first kappa shape index (κ1) is 23.8. The molecular weight excluding hydrogens is 410 g/mol. The molecule has 0 aromatic carbocycles. The number of pyridine rings is 1. The predicted octanol–water partition coefficient (Wildman–Crippen LogP) is 5.04. The molecule has 1 saturated heterocycles. The summed E-state index contributed by atoms with van der Waals surface area (Å²) in [5.41, 5.74) is -0.312. The summed E-state index contributed by atoms with van der Waals surface area (Å²) < 4.78 is 12.2. The highest BCUT2D eigenvalue weighted by Gasteiger charge is 2.29. The summed E-state index contributed by atoms with van der Waals surface area (Å²) in [5, 5.41) is 0.634. The van der Waals surface area contributed by atoms with E-state index >= 15 is 0 Å². The van der Waals surface area contributed by atoms with Gasteiger partial charge in [0, 0.05) is 42.9 Å². The van der Waals surface area contributed by atoms with Crippen molar-refractivity contribution in [2.24, 2.45) is 5.92 Å². The van der Waals surface area contributed by atoms with Gasteiger partial charge in [0.25, 0.3) is 0 Å². The molecule has 3 rings (SSSR count). The molecule has 0 bridgehead atoms. The number of ether oxygens (including phenoxy) is 2. The highest BCUT2D eigenvalue weighted by Crippen LogP contribution is 2.27. The van der Waals surface area contributed by atoms with Crippen LogP contribution in [0.2, 0.25) is 0 Å². The van der Waals surface area contributed by atoms with Crippen LogP contribution in [0.1, 0.15) is 71.2 Å². The maximum Gasteiger partial charge on any atom is 0.420 e. The molecule has 0 saturated carbocycles. The summed E-state index contributed by atoms with van der Waals surface area (Å²) >= 11 is 0. The maximum absolute atomic E-state index is 13.2. The zero-order valence-electron chi connectivity index (χ0n) is 19.8. The number of Topliss-reactive ketones (excluding diaryl/α,β-unsaturated/α-hetero) is 1. The Balaban J connectivity index is 1.69. The first-order valence-corrected chi connectivity index (χ1v) is 11.0. The summed E-state index contributed by atoms with van der Waals surface area (Å²) in [6, 6.07) is 3.54. The van der Waals surface area contributed by atoms with Crippen LogP contribution in [0.15, 0.2) is 24.5 Å². The topological polar surface area (TPSA) is 90.7 Å². The average molecular weight is 444 g/mol. The van der Waals surface area contributed by atoms with Gasteiger partial charge in [-0.3, -0.25) is 4.79 Å². The number of hydrogen-bond acceptors (Lipinski definition) is 6. The van der Waals surface area contributed by atoms with Crippen molar-refractivity contribution in [2.75, 3.05) is 13.1 Å². The maximum atomic E-state index is 13.2. The molecule has 8 nitrogen and oxygen atoms in total. The molecule has 0 aliphatic carbocycles. The third-order valence-electron chi connectivity index (χ3n) is 5.19. The van der Waals surface area contributed by atoms with Crippen LogP contribution in [0.25, 0.3) is 11.0 Å². The number of piperidine rings is 1. The van der Waals surface area contributed by atoms with Gasteiger partial charge in [-0.2, -0.15) is 0 Å². The second-order valence-corrected chi connectivity index (χ2v) is 10.3. The molecule has 0 unspecified atom stereocenters. The van der Waals surface area contributed by atoms with Gasteiger partial charge in [-0.05, 0) is 72.4 Å². The quantitative estimate of drug-likeness (QED) is 0.617. The molecule has 174 valence electrons. The van der Waals surface area contributed by atoms with E-state index < -0.39 is 17.3 Å². The van der Waals surface area contributed by atoms with Gasteiger partial charge in [-0.25, -0.2) is 19.1 Å². The van der Waals surface area contributed by atoms with Crippen LogP contribution in [-0.4, -0.2) is 56.7 Å². The zero-order chi connectivity index (χ0) is 23.7. The lowest BCUT2D eigenvalue weighted by Crippen LogP contribution is -2.42. The number of fused-ring (bicyclic) bond motifs is 1. The van der Waals surface area contributed by atoms with Crippen LogP contribution in [0, 0.1) is 5.92 Å². The van der Waals surface area contributed by atoms with Crippen LogP contribution >= 0.6 is 0 Å². The van der Waals surface area contributed by atoms with Crippen molar-refractivity contribution in [3.63, 3.8) is 0 Å². The van der Waals surface area contributed by atoms with Crippen LogP contribution in [-0.2, 0) is 9.47 Å². The van der Waals surface area contributed by atoms with E-state index in [0.29, 0.717) is 36.1 Å². The molecule has 8 heteroatoms. The minimum atomic E-state index is -0.658. The van der Waals surface area contributed by atoms with Crippen molar-refractivity contribution in [1.82, 2.24) is 14.5 Å². The number of carbonyl (C=O) groups is 3. The monoisotopic (exact) mass is 443 g/mol. The van der Waals surface area contributed by atoms with Crippen LogP contribution < -0.4 is 0 Å². The normalized spacial score (nSPS) is 15.6. The number of amides is 1. The molecule has 0 N–H and O–H groups in total. The summed E-state index contributed by atoms with van der Waals surface area (Å²) in [6.45, 7) is 12.0. The third-order valence-corrected chi connectivity index (χ3v) is 5.19. The lowest BCUT2D eigenvalue weighted by atomic mass is 9.90. The first-order valence-electron chi connectivity index (χ1n) is 11.0. The summed E-state index contributed by atoms with van der Waals surface area (Å²) in [7, 11) is 0. The van der Waals surface area contributed by atoms with E-state index in [9.17, 15) is 14.4 Å². The van der Waals surface area contributed by atoms with Gasteiger partial charge in [0.1, 0.15) is 16.8 Å². The lowest BCUT2D eigenvalue weighted by molar-refractivity contribution is 0.0183. The smallest absolute Gasteiger partial charge is 0.420 e. The van der Waals surface area contributed by atoms with Gasteiger partial charge in [0.15, 0.2) is 5.78 Å². The Labute approximate surface area is 188 Å². The minimum absolute atomic E-state index is 0.0407. The van der Waals surface area contributed by atoms with Crippen molar-refractivity contribution in [3.05, 3.63) is 30.1 Å². The number of nitrogens with zero attached hydrogens (tertiary/aromatic N) is 3. The number of ketones is 1. The zero-order valence-corrected chi connectivity index (χ0v) is 19.8.